The average Bonchev–Trinajstić information content (AvgIpc) is 2.80. The minimum atomic E-state index is -1.02. The van der Waals surface area contributed by atoms with E-state index >= 15 is 0 Å². The Balaban J connectivity index is -0.000000432. The summed E-state index contributed by atoms with van der Waals surface area (Å²) < 4.78 is 0. The van der Waals surface area contributed by atoms with Crippen molar-refractivity contribution in [3.05, 3.63) is 65.7 Å². The first-order valence-corrected chi connectivity index (χ1v) is 10.8. The number of aryl methyl sites for hydroxylation is 1. The van der Waals surface area contributed by atoms with Crippen LogP contribution >= 0.6 is 0 Å². The van der Waals surface area contributed by atoms with Gasteiger partial charge in [0.05, 0.1) is 0 Å². The van der Waals surface area contributed by atoms with Gasteiger partial charge in [-0.05, 0) is 61.9 Å². The summed E-state index contributed by atoms with van der Waals surface area (Å²) in [6, 6.07) is 14.9. The zero-order valence-electron chi connectivity index (χ0n) is 20.3. The third kappa shape index (κ3) is 20.1. The molecule has 0 saturated heterocycles. The molecule has 0 aliphatic heterocycles. The van der Waals surface area contributed by atoms with Gasteiger partial charge in [0.15, 0.2) is 0 Å². The maximum Gasteiger partial charge on any atom is 0.320 e. The highest BCUT2D eigenvalue weighted by Gasteiger charge is 2.11. The minimum absolute atomic E-state index is 0. The van der Waals surface area contributed by atoms with E-state index in [4.69, 9.17) is 37.6 Å². The van der Waals surface area contributed by atoms with Gasteiger partial charge in [0, 0.05) is 6.61 Å². The van der Waals surface area contributed by atoms with Crippen LogP contribution in [-0.4, -0.2) is 57.6 Å². The van der Waals surface area contributed by atoms with Crippen LogP contribution in [0.4, 0.5) is 0 Å². The number of carbonyl (C=O) groups is 2. The number of aliphatic hydroxyl groups is 1. The number of hydrogen-bond donors (Lipinski definition) is 9. The largest absolute Gasteiger partial charge is 0.508 e. The molecular formula is C24H43N5O6. The van der Waals surface area contributed by atoms with Crippen molar-refractivity contribution < 1.29 is 30.0 Å². The standard InChI is InChI=1S/C9H11NO3.C9H12O.C6H14N2O2.2H3N/c10-8(9(12)13)5-6-1-3-7(11)4-2-6;10-8-4-7-9-5-2-1-3-6-9;7-4-2-1-3-5(8)6(9)10;;/h1-4,8,11H,5,10H2,(H,12,13);1-3,5-6,10H,4,7-8H2;5H,1-4,7-8H2,(H,9,10);2*1H3. The Hall–Kier alpha value is -3.06. The predicted octanol–water partition coefficient (Wildman–Crippen LogP) is 1.81. The Morgan fingerprint density at radius 1 is 0.771 bits per heavy atom. The van der Waals surface area contributed by atoms with Crippen molar-refractivity contribution in [3.63, 3.8) is 0 Å². The van der Waals surface area contributed by atoms with Gasteiger partial charge in [-0.15, -0.1) is 0 Å². The molecule has 0 aliphatic rings. The van der Waals surface area contributed by atoms with E-state index in [1.54, 1.807) is 12.1 Å². The molecule has 0 aliphatic carbocycles. The van der Waals surface area contributed by atoms with Gasteiger partial charge in [0.2, 0.25) is 0 Å². The summed E-state index contributed by atoms with van der Waals surface area (Å²) in [7, 11) is 0. The molecule has 2 aromatic rings. The molecular weight excluding hydrogens is 454 g/mol. The molecule has 0 saturated carbocycles. The van der Waals surface area contributed by atoms with Crippen molar-refractivity contribution in [3.8, 4) is 5.75 Å². The summed E-state index contributed by atoms with van der Waals surface area (Å²) in [4.78, 5) is 20.5. The van der Waals surface area contributed by atoms with Gasteiger partial charge in [-0.2, -0.15) is 0 Å². The molecule has 0 heterocycles. The van der Waals surface area contributed by atoms with Crippen LogP contribution in [0.25, 0.3) is 0 Å². The second-order valence-corrected chi connectivity index (χ2v) is 7.36. The lowest BCUT2D eigenvalue weighted by molar-refractivity contribution is -0.139. The number of unbranched alkanes of at least 4 members (excludes halogenated alkanes) is 1. The molecule has 0 aromatic heterocycles. The number of phenolic OH excluding ortho intramolecular Hbond substituents is 1. The maximum absolute atomic E-state index is 10.4. The fourth-order valence-electron chi connectivity index (χ4n) is 2.53. The van der Waals surface area contributed by atoms with Gasteiger partial charge in [-0.25, -0.2) is 0 Å². The number of benzene rings is 2. The second kappa shape index (κ2) is 22.7. The Labute approximate surface area is 207 Å². The zero-order chi connectivity index (χ0) is 25.1. The molecule has 0 fully saturated rings. The number of aliphatic carboxylic acids is 2. The molecule has 2 unspecified atom stereocenters. The van der Waals surface area contributed by atoms with Gasteiger partial charge in [-0.1, -0.05) is 48.9 Å². The van der Waals surface area contributed by atoms with Crippen LogP contribution in [-0.2, 0) is 22.4 Å². The molecule has 2 atom stereocenters. The summed E-state index contributed by atoms with van der Waals surface area (Å²) in [6.45, 7) is 0.890. The molecule has 35 heavy (non-hydrogen) atoms. The number of rotatable bonds is 11. The first kappa shape index (κ1) is 36.5. The predicted molar refractivity (Wildman–Crippen MR) is 138 cm³/mol. The molecule has 0 amide bonds. The first-order chi connectivity index (χ1) is 15.7. The van der Waals surface area contributed by atoms with E-state index in [1.165, 1.54) is 17.7 Å². The van der Waals surface area contributed by atoms with Crippen molar-refractivity contribution in [2.24, 2.45) is 17.2 Å². The van der Waals surface area contributed by atoms with Gasteiger partial charge >= 0.3 is 11.9 Å². The molecule has 2 aromatic carbocycles. The van der Waals surface area contributed by atoms with E-state index in [0.717, 1.165) is 31.2 Å². The SMILES string of the molecule is N.N.NC(Cc1ccc(O)cc1)C(=O)O.NCCCCC(N)C(=O)O.OCCCc1ccccc1. The van der Waals surface area contributed by atoms with Crippen LogP contribution < -0.4 is 29.5 Å². The summed E-state index contributed by atoms with van der Waals surface area (Å²) in [6.07, 6.45) is 4.29. The number of carboxylic acids is 2. The quantitative estimate of drug-likeness (QED) is 0.202. The van der Waals surface area contributed by atoms with Crippen molar-refractivity contribution in [1.29, 1.82) is 0 Å². The molecule has 11 nitrogen and oxygen atoms in total. The number of aliphatic hydroxyl groups excluding tert-OH is 1. The van der Waals surface area contributed by atoms with Crippen molar-refractivity contribution in [1.82, 2.24) is 12.3 Å². The highest BCUT2D eigenvalue weighted by molar-refractivity contribution is 5.73. The number of phenols is 1. The Kier molecular flexibility index (Phi) is 23.7. The third-order valence-corrected chi connectivity index (χ3v) is 4.46. The van der Waals surface area contributed by atoms with Gasteiger partial charge in [0.1, 0.15) is 17.8 Å². The number of nitrogens with two attached hydrogens (primary N) is 3. The second-order valence-electron chi connectivity index (χ2n) is 7.36. The monoisotopic (exact) mass is 497 g/mol. The van der Waals surface area contributed by atoms with Crippen LogP contribution in [0.3, 0.4) is 0 Å². The number of aromatic hydroxyl groups is 1. The van der Waals surface area contributed by atoms with E-state index in [0.29, 0.717) is 13.0 Å². The number of carboxylic acid groups (broad SMARTS) is 2. The maximum atomic E-state index is 10.4. The summed E-state index contributed by atoms with van der Waals surface area (Å²) in [5.74, 6) is -1.79. The lowest BCUT2D eigenvalue weighted by atomic mass is 10.1. The smallest absolute Gasteiger partial charge is 0.320 e. The van der Waals surface area contributed by atoms with Crippen molar-refractivity contribution in [2.45, 2.75) is 50.6 Å². The molecule has 200 valence electrons. The molecule has 11 heteroatoms. The Morgan fingerprint density at radius 3 is 1.77 bits per heavy atom. The highest BCUT2D eigenvalue weighted by Crippen LogP contribution is 2.10. The molecule has 0 spiro atoms. The summed E-state index contributed by atoms with van der Waals surface area (Å²) in [5, 5.41) is 34.3. The normalized spacial score (nSPS) is 11.1. The van der Waals surface area contributed by atoms with Crippen LogP contribution in [0.2, 0.25) is 0 Å². The van der Waals surface area contributed by atoms with E-state index in [-0.39, 0.29) is 31.1 Å². The van der Waals surface area contributed by atoms with Crippen LogP contribution in [0.1, 0.15) is 36.8 Å². The van der Waals surface area contributed by atoms with E-state index in [9.17, 15) is 9.59 Å². The van der Waals surface area contributed by atoms with Gasteiger partial charge in [-0.3, -0.25) is 9.59 Å². The number of hydrogen-bond acceptors (Lipinski definition) is 9. The fraction of sp³-hybridized carbons (Fsp3) is 0.417. The van der Waals surface area contributed by atoms with Crippen molar-refractivity contribution >= 4 is 11.9 Å². The fourth-order valence-corrected chi connectivity index (χ4v) is 2.53. The Morgan fingerprint density at radius 2 is 1.31 bits per heavy atom. The van der Waals surface area contributed by atoms with Crippen LogP contribution in [0.5, 0.6) is 5.75 Å². The zero-order valence-corrected chi connectivity index (χ0v) is 20.3. The Bertz CT molecular complexity index is 778. The van der Waals surface area contributed by atoms with Crippen molar-refractivity contribution in [2.75, 3.05) is 13.2 Å². The van der Waals surface area contributed by atoms with E-state index in [2.05, 4.69) is 12.1 Å². The molecule has 0 bridgehead atoms. The average molecular weight is 498 g/mol. The topological polar surface area (TPSA) is 263 Å². The van der Waals surface area contributed by atoms with Gasteiger partial charge < -0.3 is 49.9 Å². The first-order valence-electron chi connectivity index (χ1n) is 10.8. The van der Waals surface area contributed by atoms with Gasteiger partial charge in [0.25, 0.3) is 0 Å². The molecule has 16 N–H and O–H groups in total. The molecule has 0 radical (unpaired) electrons. The highest BCUT2D eigenvalue weighted by atomic mass is 16.4. The summed E-state index contributed by atoms with van der Waals surface area (Å²) in [5.41, 5.74) is 17.8. The minimum Gasteiger partial charge on any atom is -0.508 e. The van der Waals surface area contributed by atoms with Crippen LogP contribution in [0.15, 0.2) is 54.6 Å². The lowest BCUT2D eigenvalue weighted by Crippen LogP contribution is -2.32. The summed E-state index contributed by atoms with van der Waals surface area (Å²) >= 11 is 0. The third-order valence-electron chi connectivity index (χ3n) is 4.46. The molecule has 2 rings (SSSR count). The van der Waals surface area contributed by atoms with Crippen LogP contribution in [0, 0.1) is 0 Å². The van der Waals surface area contributed by atoms with E-state index < -0.39 is 24.0 Å². The lowest BCUT2D eigenvalue weighted by Gasteiger charge is -2.05. The van der Waals surface area contributed by atoms with E-state index in [1.807, 2.05) is 18.2 Å².